The largest absolute Gasteiger partial charge is 0.327 e. The fraction of sp³-hybridized carbons (Fsp3) is 0.182. The van der Waals surface area contributed by atoms with Crippen LogP contribution in [0.5, 0.6) is 0 Å². The molecular weight excluding hydrogens is 391 g/mol. The SMILES string of the molecule is NC(CCn1cc(-c2ccc3cnccc3c2)cn1)Cc1ccc(Cl)c(Cl)c1. The maximum absolute atomic E-state index is 6.30. The molecule has 0 saturated heterocycles. The predicted molar refractivity (Wildman–Crippen MR) is 116 cm³/mol. The van der Waals surface area contributed by atoms with Crippen LogP contribution in [0.4, 0.5) is 0 Å². The van der Waals surface area contributed by atoms with Crippen molar-refractivity contribution in [1.29, 1.82) is 0 Å². The highest BCUT2D eigenvalue weighted by atomic mass is 35.5. The van der Waals surface area contributed by atoms with Gasteiger partial charge in [0.15, 0.2) is 0 Å². The zero-order chi connectivity index (χ0) is 19.5. The van der Waals surface area contributed by atoms with E-state index in [1.807, 2.05) is 47.5 Å². The average Bonchev–Trinajstić information content (AvgIpc) is 3.18. The molecule has 0 radical (unpaired) electrons. The number of nitrogens with zero attached hydrogens (tertiary/aromatic N) is 3. The summed E-state index contributed by atoms with van der Waals surface area (Å²) in [6, 6.07) is 14.0. The van der Waals surface area contributed by atoms with Gasteiger partial charge in [0.25, 0.3) is 0 Å². The Morgan fingerprint density at radius 2 is 1.82 bits per heavy atom. The third-order valence-electron chi connectivity index (χ3n) is 4.82. The van der Waals surface area contributed by atoms with Crippen LogP contribution in [0.25, 0.3) is 21.9 Å². The minimum Gasteiger partial charge on any atom is -0.327 e. The van der Waals surface area contributed by atoms with Gasteiger partial charge < -0.3 is 5.73 Å². The van der Waals surface area contributed by atoms with Crippen LogP contribution in [0.2, 0.25) is 10.0 Å². The highest BCUT2D eigenvalue weighted by Gasteiger charge is 2.08. The summed E-state index contributed by atoms with van der Waals surface area (Å²) in [5, 5.41) is 7.92. The van der Waals surface area contributed by atoms with Crippen molar-refractivity contribution in [2.75, 3.05) is 0 Å². The van der Waals surface area contributed by atoms with E-state index in [1.165, 1.54) is 5.39 Å². The minimum atomic E-state index is 0.0260. The second kappa shape index (κ2) is 8.31. The van der Waals surface area contributed by atoms with Crippen LogP contribution in [-0.4, -0.2) is 20.8 Å². The fourth-order valence-corrected chi connectivity index (χ4v) is 3.59. The molecule has 28 heavy (non-hydrogen) atoms. The van der Waals surface area contributed by atoms with Gasteiger partial charge in [-0.1, -0.05) is 41.4 Å². The van der Waals surface area contributed by atoms with E-state index in [2.05, 4.69) is 34.5 Å². The van der Waals surface area contributed by atoms with Crippen molar-refractivity contribution in [2.24, 2.45) is 5.73 Å². The number of aryl methyl sites for hydroxylation is 1. The van der Waals surface area contributed by atoms with Gasteiger partial charge in [-0.15, -0.1) is 0 Å². The van der Waals surface area contributed by atoms with Gasteiger partial charge in [-0.2, -0.15) is 5.10 Å². The predicted octanol–water partition coefficient (Wildman–Crippen LogP) is 5.37. The molecule has 0 bridgehead atoms. The molecule has 1 unspecified atom stereocenters. The molecule has 2 aromatic heterocycles. The average molecular weight is 411 g/mol. The van der Waals surface area contributed by atoms with Crippen molar-refractivity contribution in [3.63, 3.8) is 0 Å². The highest BCUT2D eigenvalue weighted by molar-refractivity contribution is 6.42. The first-order chi connectivity index (χ1) is 13.6. The standard InChI is InChI=1S/C22H20Cl2N4/c23-21-4-1-15(10-22(21)24)9-20(25)6-8-28-14-19(13-27-28)16-2-3-18-12-26-7-5-17(18)11-16/h1-5,7,10-14,20H,6,8-9,25H2. The Morgan fingerprint density at radius 3 is 2.68 bits per heavy atom. The second-order valence-electron chi connectivity index (χ2n) is 6.93. The first-order valence-corrected chi connectivity index (χ1v) is 9.90. The molecule has 0 saturated carbocycles. The Bertz CT molecular complexity index is 1110. The van der Waals surface area contributed by atoms with Gasteiger partial charge >= 0.3 is 0 Å². The Hall–Kier alpha value is -2.40. The number of aromatic nitrogens is 3. The highest BCUT2D eigenvalue weighted by Crippen LogP contribution is 2.25. The molecule has 0 spiro atoms. The number of nitrogens with two attached hydrogens (primary N) is 1. The lowest BCUT2D eigenvalue weighted by Crippen LogP contribution is -2.24. The third-order valence-corrected chi connectivity index (χ3v) is 5.56. The van der Waals surface area contributed by atoms with Crippen LogP contribution in [0.3, 0.4) is 0 Å². The van der Waals surface area contributed by atoms with E-state index in [9.17, 15) is 0 Å². The summed E-state index contributed by atoms with van der Waals surface area (Å²) < 4.78 is 1.95. The van der Waals surface area contributed by atoms with E-state index in [4.69, 9.17) is 28.9 Å². The topological polar surface area (TPSA) is 56.7 Å². The lowest BCUT2D eigenvalue weighted by molar-refractivity contribution is 0.507. The van der Waals surface area contributed by atoms with Crippen molar-refractivity contribution >= 4 is 34.0 Å². The van der Waals surface area contributed by atoms with E-state index >= 15 is 0 Å². The zero-order valence-corrected chi connectivity index (χ0v) is 16.7. The second-order valence-corrected chi connectivity index (χ2v) is 7.75. The van der Waals surface area contributed by atoms with Gasteiger partial charge in [0.2, 0.25) is 0 Å². The monoisotopic (exact) mass is 410 g/mol. The Kier molecular flexibility index (Phi) is 5.62. The fourth-order valence-electron chi connectivity index (χ4n) is 3.27. The molecule has 2 N–H and O–H groups in total. The first-order valence-electron chi connectivity index (χ1n) is 9.14. The summed E-state index contributed by atoms with van der Waals surface area (Å²) in [7, 11) is 0. The quantitative estimate of drug-likeness (QED) is 0.464. The number of hydrogen-bond donors (Lipinski definition) is 1. The summed E-state index contributed by atoms with van der Waals surface area (Å²) in [4.78, 5) is 4.16. The number of benzene rings is 2. The summed E-state index contributed by atoms with van der Waals surface area (Å²) in [5.74, 6) is 0. The van der Waals surface area contributed by atoms with Crippen molar-refractivity contribution < 1.29 is 0 Å². The van der Waals surface area contributed by atoms with Crippen LogP contribution in [0, 0.1) is 0 Å². The summed E-state index contributed by atoms with van der Waals surface area (Å²) in [6.07, 6.45) is 9.22. The van der Waals surface area contributed by atoms with Crippen molar-refractivity contribution in [2.45, 2.75) is 25.4 Å². The lowest BCUT2D eigenvalue weighted by atomic mass is 10.0. The van der Waals surface area contributed by atoms with E-state index < -0.39 is 0 Å². The molecule has 4 rings (SSSR count). The molecule has 4 nitrogen and oxygen atoms in total. The van der Waals surface area contributed by atoms with Crippen LogP contribution in [-0.2, 0) is 13.0 Å². The molecule has 142 valence electrons. The van der Waals surface area contributed by atoms with Gasteiger partial charge in [-0.3, -0.25) is 9.67 Å². The number of fused-ring (bicyclic) bond motifs is 1. The molecule has 6 heteroatoms. The molecule has 0 aliphatic heterocycles. The lowest BCUT2D eigenvalue weighted by Gasteiger charge is -2.12. The first kappa shape index (κ1) is 18.9. The summed E-state index contributed by atoms with van der Waals surface area (Å²) in [6.45, 7) is 0.764. The van der Waals surface area contributed by atoms with Gasteiger partial charge in [0.1, 0.15) is 0 Å². The van der Waals surface area contributed by atoms with E-state index in [0.717, 1.165) is 41.5 Å². The molecule has 2 heterocycles. The molecular formula is C22H20Cl2N4. The molecule has 0 aliphatic rings. The van der Waals surface area contributed by atoms with Gasteiger partial charge in [-0.25, -0.2) is 0 Å². The molecule has 0 amide bonds. The summed E-state index contributed by atoms with van der Waals surface area (Å²) >= 11 is 12.0. The molecule has 0 aliphatic carbocycles. The van der Waals surface area contributed by atoms with Crippen molar-refractivity contribution in [1.82, 2.24) is 14.8 Å². The Balaban J connectivity index is 1.39. The van der Waals surface area contributed by atoms with Crippen molar-refractivity contribution in [3.8, 4) is 11.1 Å². The van der Waals surface area contributed by atoms with Gasteiger partial charge in [0.05, 0.1) is 16.2 Å². The zero-order valence-electron chi connectivity index (χ0n) is 15.2. The van der Waals surface area contributed by atoms with Gasteiger partial charge in [-0.05, 0) is 53.6 Å². The number of halogens is 2. The van der Waals surface area contributed by atoms with Crippen molar-refractivity contribution in [3.05, 3.63) is 82.9 Å². The van der Waals surface area contributed by atoms with Crippen LogP contribution >= 0.6 is 23.2 Å². The number of pyridine rings is 1. The maximum Gasteiger partial charge on any atom is 0.0595 e. The number of hydrogen-bond acceptors (Lipinski definition) is 3. The number of rotatable bonds is 6. The Labute approximate surface area is 173 Å². The van der Waals surface area contributed by atoms with Crippen LogP contribution < -0.4 is 5.73 Å². The smallest absolute Gasteiger partial charge is 0.0595 e. The maximum atomic E-state index is 6.30. The Morgan fingerprint density at radius 1 is 0.929 bits per heavy atom. The molecule has 2 aromatic carbocycles. The van der Waals surface area contributed by atoms with Crippen LogP contribution in [0.15, 0.2) is 67.3 Å². The van der Waals surface area contributed by atoms with Gasteiger partial charge in [0, 0.05) is 42.1 Å². The molecule has 4 aromatic rings. The molecule has 1 atom stereocenters. The summed E-state index contributed by atoms with van der Waals surface area (Å²) in [5.41, 5.74) is 9.63. The van der Waals surface area contributed by atoms with E-state index in [-0.39, 0.29) is 6.04 Å². The molecule has 0 fully saturated rings. The normalized spacial score (nSPS) is 12.4. The van der Waals surface area contributed by atoms with Crippen LogP contribution in [0.1, 0.15) is 12.0 Å². The third kappa shape index (κ3) is 4.36. The van der Waals surface area contributed by atoms with E-state index in [1.54, 1.807) is 0 Å². The minimum absolute atomic E-state index is 0.0260. The van der Waals surface area contributed by atoms with E-state index in [0.29, 0.717) is 10.0 Å².